The van der Waals surface area contributed by atoms with Gasteiger partial charge in [-0.3, -0.25) is 4.79 Å². The number of nitrogens with zero attached hydrogens (tertiary/aromatic N) is 3. The highest BCUT2D eigenvalue weighted by molar-refractivity contribution is 5.81. The molecule has 1 aromatic heterocycles. The Morgan fingerprint density at radius 2 is 1.90 bits per heavy atom. The number of imidazole rings is 1. The molecule has 0 bridgehead atoms. The third kappa shape index (κ3) is 3.42. The minimum Gasteiger partial charge on any atom is -0.388 e. The fourth-order valence-corrected chi connectivity index (χ4v) is 2.56. The Morgan fingerprint density at radius 1 is 1.24 bits per heavy atom. The number of aliphatic hydroxyl groups excluding tert-OH is 1. The van der Waals surface area contributed by atoms with Crippen LogP contribution in [0.3, 0.4) is 0 Å². The van der Waals surface area contributed by atoms with Crippen LogP contribution in [0.2, 0.25) is 0 Å². The van der Waals surface area contributed by atoms with Gasteiger partial charge in [0.15, 0.2) is 0 Å². The second-order valence-corrected chi connectivity index (χ2v) is 5.14. The highest BCUT2D eigenvalue weighted by Gasteiger charge is 2.16. The van der Waals surface area contributed by atoms with Gasteiger partial charge >= 0.3 is 0 Å². The second-order valence-electron chi connectivity index (χ2n) is 5.14. The SMILES string of the molecule is CCCN(CCC)C(=O)Cn1c(CO)nc2ccccc21. The monoisotopic (exact) mass is 289 g/mol. The number of hydrogen-bond acceptors (Lipinski definition) is 3. The first kappa shape index (κ1) is 15.5. The number of carbonyl (C=O) groups excluding carboxylic acids is 1. The Kier molecular flexibility index (Phi) is 5.33. The van der Waals surface area contributed by atoms with Crippen molar-refractivity contribution in [2.45, 2.75) is 39.8 Å². The van der Waals surface area contributed by atoms with Crippen molar-refractivity contribution < 1.29 is 9.90 Å². The molecule has 0 saturated carbocycles. The van der Waals surface area contributed by atoms with Crippen LogP contribution in [0.4, 0.5) is 0 Å². The fraction of sp³-hybridized carbons (Fsp3) is 0.500. The van der Waals surface area contributed by atoms with Gasteiger partial charge in [-0.15, -0.1) is 0 Å². The minimum absolute atomic E-state index is 0.0801. The first-order chi connectivity index (χ1) is 10.2. The zero-order valence-electron chi connectivity index (χ0n) is 12.7. The number of aliphatic hydroxyl groups is 1. The number of amides is 1. The summed E-state index contributed by atoms with van der Waals surface area (Å²) in [6.45, 7) is 5.75. The van der Waals surface area contributed by atoms with E-state index in [4.69, 9.17) is 0 Å². The van der Waals surface area contributed by atoms with Crippen LogP contribution in [0.5, 0.6) is 0 Å². The Balaban J connectivity index is 2.27. The molecule has 1 heterocycles. The van der Waals surface area contributed by atoms with Gasteiger partial charge in [-0.05, 0) is 25.0 Å². The molecule has 1 amide bonds. The highest BCUT2D eigenvalue weighted by atomic mass is 16.3. The molecule has 0 spiro atoms. The Labute approximate surface area is 125 Å². The van der Waals surface area contributed by atoms with Crippen LogP contribution in [0.15, 0.2) is 24.3 Å². The van der Waals surface area contributed by atoms with Crippen molar-refractivity contribution in [3.05, 3.63) is 30.1 Å². The normalized spacial score (nSPS) is 11.0. The van der Waals surface area contributed by atoms with E-state index >= 15 is 0 Å². The summed E-state index contributed by atoms with van der Waals surface area (Å²) in [4.78, 5) is 18.8. The molecule has 0 saturated heterocycles. The lowest BCUT2D eigenvalue weighted by molar-refractivity contribution is -0.131. The van der Waals surface area contributed by atoms with Gasteiger partial charge in [0.25, 0.3) is 0 Å². The molecule has 5 nitrogen and oxygen atoms in total. The van der Waals surface area contributed by atoms with Crippen molar-refractivity contribution in [3.8, 4) is 0 Å². The minimum atomic E-state index is -0.163. The van der Waals surface area contributed by atoms with Gasteiger partial charge in [-0.1, -0.05) is 26.0 Å². The van der Waals surface area contributed by atoms with Crippen LogP contribution in [-0.4, -0.2) is 38.6 Å². The number of hydrogen-bond donors (Lipinski definition) is 1. The standard InChI is InChI=1S/C16H23N3O2/c1-3-9-18(10-4-2)16(21)11-19-14-8-6-5-7-13(14)17-15(19)12-20/h5-8,20H,3-4,9-12H2,1-2H3. The number of benzene rings is 1. The lowest BCUT2D eigenvalue weighted by atomic mass is 10.3. The molecule has 2 aromatic rings. The van der Waals surface area contributed by atoms with E-state index in [1.54, 1.807) is 0 Å². The predicted octanol–water partition coefficient (Wildman–Crippen LogP) is 2.18. The van der Waals surface area contributed by atoms with Crippen molar-refractivity contribution in [1.82, 2.24) is 14.5 Å². The van der Waals surface area contributed by atoms with E-state index < -0.39 is 0 Å². The molecule has 114 valence electrons. The number of para-hydroxylation sites is 2. The number of carbonyl (C=O) groups is 1. The molecule has 1 aromatic carbocycles. The van der Waals surface area contributed by atoms with Crippen molar-refractivity contribution in [3.63, 3.8) is 0 Å². The molecule has 0 unspecified atom stereocenters. The van der Waals surface area contributed by atoms with E-state index in [0.29, 0.717) is 5.82 Å². The van der Waals surface area contributed by atoms with Gasteiger partial charge in [0, 0.05) is 13.1 Å². The molecular weight excluding hydrogens is 266 g/mol. The topological polar surface area (TPSA) is 58.4 Å². The lowest BCUT2D eigenvalue weighted by Crippen LogP contribution is -2.35. The van der Waals surface area contributed by atoms with Crippen molar-refractivity contribution in [1.29, 1.82) is 0 Å². The van der Waals surface area contributed by atoms with Gasteiger partial charge in [0.2, 0.25) is 5.91 Å². The van der Waals surface area contributed by atoms with E-state index in [-0.39, 0.29) is 19.1 Å². The first-order valence-electron chi connectivity index (χ1n) is 7.54. The maximum absolute atomic E-state index is 12.5. The smallest absolute Gasteiger partial charge is 0.242 e. The molecular formula is C16H23N3O2. The van der Waals surface area contributed by atoms with Crippen LogP contribution < -0.4 is 0 Å². The van der Waals surface area contributed by atoms with Crippen LogP contribution in [-0.2, 0) is 17.9 Å². The largest absolute Gasteiger partial charge is 0.388 e. The average molecular weight is 289 g/mol. The van der Waals surface area contributed by atoms with Crippen molar-refractivity contribution in [2.75, 3.05) is 13.1 Å². The van der Waals surface area contributed by atoms with Crippen LogP contribution in [0, 0.1) is 0 Å². The van der Waals surface area contributed by atoms with E-state index in [0.717, 1.165) is 37.0 Å². The van der Waals surface area contributed by atoms with Crippen LogP contribution >= 0.6 is 0 Å². The highest BCUT2D eigenvalue weighted by Crippen LogP contribution is 2.16. The number of aromatic nitrogens is 2. The third-order valence-electron chi connectivity index (χ3n) is 3.51. The predicted molar refractivity (Wildman–Crippen MR) is 82.8 cm³/mol. The molecule has 0 radical (unpaired) electrons. The number of fused-ring (bicyclic) bond motifs is 1. The Morgan fingerprint density at radius 3 is 2.52 bits per heavy atom. The third-order valence-corrected chi connectivity index (χ3v) is 3.51. The molecule has 0 aliphatic heterocycles. The van der Waals surface area contributed by atoms with Gasteiger partial charge in [-0.2, -0.15) is 0 Å². The first-order valence-corrected chi connectivity index (χ1v) is 7.54. The van der Waals surface area contributed by atoms with Gasteiger partial charge in [0.05, 0.1) is 11.0 Å². The zero-order valence-corrected chi connectivity index (χ0v) is 12.7. The van der Waals surface area contributed by atoms with E-state index in [1.165, 1.54) is 0 Å². The van der Waals surface area contributed by atoms with Gasteiger partial charge in [0.1, 0.15) is 19.0 Å². The molecule has 5 heteroatoms. The summed E-state index contributed by atoms with van der Waals surface area (Å²) in [6, 6.07) is 7.65. The van der Waals surface area contributed by atoms with E-state index in [9.17, 15) is 9.90 Å². The fourth-order valence-electron chi connectivity index (χ4n) is 2.56. The molecule has 0 aliphatic carbocycles. The molecule has 0 atom stereocenters. The summed E-state index contributed by atoms with van der Waals surface area (Å²) >= 11 is 0. The quantitative estimate of drug-likeness (QED) is 0.850. The van der Waals surface area contributed by atoms with Crippen molar-refractivity contribution >= 4 is 16.9 Å². The molecule has 1 N–H and O–H groups in total. The maximum Gasteiger partial charge on any atom is 0.242 e. The Hall–Kier alpha value is -1.88. The zero-order chi connectivity index (χ0) is 15.2. The molecule has 0 aliphatic rings. The average Bonchev–Trinajstić information content (AvgIpc) is 2.85. The summed E-state index contributed by atoms with van der Waals surface area (Å²) in [5, 5.41) is 9.47. The van der Waals surface area contributed by atoms with Gasteiger partial charge < -0.3 is 14.6 Å². The lowest BCUT2D eigenvalue weighted by Gasteiger charge is -2.22. The summed E-state index contributed by atoms with van der Waals surface area (Å²) in [6.07, 6.45) is 1.90. The van der Waals surface area contributed by atoms with Crippen molar-refractivity contribution in [2.24, 2.45) is 0 Å². The summed E-state index contributed by atoms with van der Waals surface area (Å²) in [5.41, 5.74) is 1.70. The molecule has 21 heavy (non-hydrogen) atoms. The van der Waals surface area contributed by atoms with E-state index in [2.05, 4.69) is 18.8 Å². The van der Waals surface area contributed by atoms with Gasteiger partial charge in [-0.25, -0.2) is 4.98 Å². The van der Waals surface area contributed by atoms with E-state index in [1.807, 2.05) is 33.7 Å². The Bertz CT molecular complexity index is 601. The summed E-state index contributed by atoms with van der Waals surface area (Å²) in [7, 11) is 0. The maximum atomic E-state index is 12.5. The van der Waals surface area contributed by atoms with Crippen LogP contribution in [0.25, 0.3) is 11.0 Å². The summed E-state index contributed by atoms with van der Waals surface area (Å²) in [5.74, 6) is 0.619. The summed E-state index contributed by atoms with van der Waals surface area (Å²) < 4.78 is 1.82. The number of rotatable bonds is 7. The second kappa shape index (κ2) is 7.22. The van der Waals surface area contributed by atoms with Crippen LogP contribution in [0.1, 0.15) is 32.5 Å². The molecule has 0 fully saturated rings. The molecule has 2 rings (SSSR count).